The lowest BCUT2D eigenvalue weighted by molar-refractivity contribution is 0.246. The van der Waals surface area contributed by atoms with E-state index in [4.69, 9.17) is 5.11 Å². The summed E-state index contributed by atoms with van der Waals surface area (Å²) in [5.41, 5.74) is 2.50. The Bertz CT molecular complexity index is 558. The van der Waals surface area contributed by atoms with Gasteiger partial charge in [-0.3, -0.25) is 0 Å². The number of aromatic nitrogens is 1. The maximum absolute atomic E-state index is 9.10. The quantitative estimate of drug-likeness (QED) is 0.720. The van der Waals surface area contributed by atoms with Crippen LogP contribution in [0.3, 0.4) is 0 Å². The van der Waals surface area contributed by atoms with Crippen molar-refractivity contribution in [3.63, 3.8) is 0 Å². The average Bonchev–Trinajstić information content (AvgIpc) is 3.05. The Labute approximate surface area is 107 Å². The first kappa shape index (κ1) is 11.5. The summed E-state index contributed by atoms with van der Waals surface area (Å²) in [6.45, 7) is 1.12. The highest BCUT2D eigenvalue weighted by atomic mass is 16.3. The molecule has 0 bridgehead atoms. The molecule has 1 aliphatic rings. The molecule has 0 amide bonds. The second-order valence-corrected chi connectivity index (χ2v) is 4.91. The summed E-state index contributed by atoms with van der Waals surface area (Å²) in [5.74, 6) is 0.325. The molecule has 0 spiro atoms. The van der Waals surface area contributed by atoms with Crippen molar-refractivity contribution in [2.24, 2.45) is 5.92 Å². The van der Waals surface area contributed by atoms with E-state index < -0.39 is 0 Å². The zero-order valence-electron chi connectivity index (χ0n) is 10.3. The molecule has 1 aliphatic carbocycles. The molecule has 0 saturated heterocycles. The zero-order valence-corrected chi connectivity index (χ0v) is 10.3. The van der Waals surface area contributed by atoms with Crippen LogP contribution in [0.15, 0.2) is 42.6 Å². The largest absolute Gasteiger partial charge is 0.396 e. The van der Waals surface area contributed by atoms with E-state index in [9.17, 15) is 0 Å². The van der Waals surface area contributed by atoms with Gasteiger partial charge in [-0.25, -0.2) is 0 Å². The number of H-pyrrole nitrogens is 1. The smallest absolute Gasteiger partial charge is 0.0494 e. The molecule has 3 rings (SSSR count). The molecule has 3 heteroatoms. The van der Waals surface area contributed by atoms with Crippen molar-refractivity contribution < 1.29 is 5.11 Å². The first-order chi connectivity index (χ1) is 8.86. The van der Waals surface area contributed by atoms with Crippen LogP contribution in [0.5, 0.6) is 0 Å². The van der Waals surface area contributed by atoms with E-state index in [1.807, 2.05) is 6.20 Å². The molecule has 18 heavy (non-hydrogen) atoms. The lowest BCUT2D eigenvalue weighted by atomic mass is 10.1. The maximum atomic E-state index is 9.10. The van der Waals surface area contributed by atoms with Gasteiger partial charge in [-0.05, 0) is 24.1 Å². The van der Waals surface area contributed by atoms with E-state index >= 15 is 0 Å². The molecule has 0 radical (unpaired) electrons. The summed E-state index contributed by atoms with van der Waals surface area (Å²) in [6.07, 6.45) is 7.25. The van der Waals surface area contributed by atoms with Gasteiger partial charge in [0, 0.05) is 42.2 Å². The van der Waals surface area contributed by atoms with Gasteiger partial charge in [0.1, 0.15) is 0 Å². The number of aliphatic hydroxyl groups is 1. The van der Waals surface area contributed by atoms with Crippen LogP contribution >= 0.6 is 0 Å². The Hall–Kier alpha value is -1.58. The van der Waals surface area contributed by atoms with Crippen LogP contribution < -0.4 is 5.32 Å². The highest BCUT2D eigenvalue weighted by molar-refractivity contribution is 5.82. The monoisotopic (exact) mass is 242 g/mol. The summed E-state index contributed by atoms with van der Waals surface area (Å²) in [4.78, 5) is 3.23. The van der Waals surface area contributed by atoms with E-state index in [2.05, 4.69) is 46.7 Å². The Morgan fingerprint density at radius 1 is 1.28 bits per heavy atom. The van der Waals surface area contributed by atoms with Crippen LogP contribution in [-0.2, 0) is 6.54 Å². The fourth-order valence-electron chi connectivity index (χ4n) is 2.61. The summed E-state index contributed by atoms with van der Waals surface area (Å²) >= 11 is 0. The van der Waals surface area contributed by atoms with Crippen LogP contribution in [0.2, 0.25) is 0 Å². The van der Waals surface area contributed by atoms with Crippen LogP contribution in [-0.4, -0.2) is 22.7 Å². The van der Waals surface area contributed by atoms with E-state index in [1.165, 1.54) is 16.5 Å². The third-order valence-corrected chi connectivity index (χ3v) is 3.65. The number of aliphatic hydroxyl groups excluding tert-OH is 1. The maximum Gasteiger partial charge on any atom is 0.0494 e. The number of benzene rings is 1. The minimum atomic E-state index is 0.252. The van der Waals surface area contributed by atoms with Gasteiger partial charge in [0.2, 0.25) is 0 Å². The molecule has 3 nitrogen and oxygen atoms in total. The molecule has 0 aliphatic heterocycles. The van der Waals surface area contributed by atoms with Gasteiger partial charge >= 0.3 is 0 Å². The minimum absolute atomic E-state index is 0.252. The fraction of sp³-hybridized carbons (Fsp3) is 0.333. The molecular weight excluding hydrogens is 224 g/mol. The number of hydrogen-bond acceptors (Lipinski definition) is 2. The van der Waals surface area contributed by atoms with Gasteiger partial charge in [-0.1, -0.05) is 24.3 Å². The lowest BCUT2D eigenvalue weighted by Crippen LogP contribution is -2.26. The van der Waals surface area contributed by atoms with Crippen molar-refractivity contribution in [2.75, 3.05) is 6.61 Å². The highest BCUT2D eigenvalue weighted by Crippen LogP contribution is 2.20. The van der Waals surface area contributed by atoms with Crippen molar-refractivity contribution in [1.29, 1.82) is 0 Å². The summed E-state index contributed by atoms with van der Waals surface area (Å²) < 4.78 is 0. The molecule has 1 aromatic carbocycles. The predicted molar refractivity (Wildman–Crippen MR) is 73.3 cm³/mol. The second kappa shape index (κ2) is 4.96. The molecule has 0 unspecified atom stereocenters. The van der Waals surface area contributed by atoms with Crippen molar-refractivity contribution in [1.82, 2.24) is 10.3 Å². The second-order valence-electron chi connectivity index (χ2n) is 4.91. The van der Waals surface area contributed by atoms with E-state index in [0.717, 1.165) is 13.0 Å². The number of hydrogen-bond donors (Lipinski definition) is 3. The summed E-state index contributed by atoms with van der Waals surface area (Å²) in [7, 11) is 0. The predicted octanol–water partition coefficient (Wildman–Crippen LogP) is 2.19. The normalized spacial score (nSPS) is 22.9. The van der Waals surface area contributed by atoms with Gasteiger partial charge in [0.05, 0.1) is 0 Å². The zero-order chi connectivity index (χ0) is 12.4. The van der Waals surface area contributed by atoms with Crippen LogP contribution in [0.4, 0.5) is 0 Å². The van der Waals surface area contributed by atoms with E-state index in [0.29, 0.717) is 12.0 Å². The number of nitrogens with one attached hydrogen (secondary N) is 2. The number of fused-ring (bicyclic) bond motifs is 1. The van der Waals surface area contributed by atoms with Gasteiger partial charge < -0.3 is 15.4 Å². The van der Waals surface area contributed by atoms with Crippen molar-refractivity contribution in [3.8, 4) is 0 Å². The topological polar surface area (TPSA) is 48.0 Å². The molecule has 1 heterocycles. The molecule has 2 aromatic rings. The molecular formula is C15H18N2O. The fourth-order valence-corrected chi connectivity index (χ4v) is 2.61. The summed E-state index contributed by atoms with van der Waals surface area (Å²) in [5, 5.41) is 13.9. The Kier molecular flexibility index (Phi) is 3.17. The Morgan fingerprint density at radius 2 is 2.22 bits per heavy atom. The van der Waals surface area contributed by atoms with Crippen molar-refractivity contribution in [2.45, 2.75) is 19.0 Å². The van der Waals surface area contributed by atoms with Crippen molar-refractivity contribution >= 4 is 10.9 Å². The molecule has 94 valence electrons. The molecule has 2 atom stereocenters. The lowest BCUT2D eigenvalue weighted by Gasteiger charge is -2.13. The third-order valence-electron chi connectivity index (χ3n) is 3.65. The first-order valence-electron chi connectivity index (χ1n) is 6.44. The van der Waals surface area contributed by atoms with E-state index in [-0.39, 0.29) is 6.61 Å². The van der Waals surface area contributed by atoms with E-state index in [1.54, 1.807) is 0 Å². The highest BCUT2D eigenvalue weighted by Gasteiger charge is 2.17. The minimum Gasteiger partial charge on any atom is -0.396 e. The van der Waals surface area contributed by atoms with Crippen molar-refractivity contribution in [3.05, 3.63) is 48.2 Å². The number of rotatable bonds is 4. The van der Waals surface area contributed by atoms with Crippen LogP contribution in [0, 0.1) is 5.92 Å². The SMILES string of the molecule is OC[C@H]1C=C[C@@H](NCc2cccc3[nH]ccc23)C1. The first-order valence-corrected chi connectivity index (χ1v) is 6.44. The Balaban J connectivity index is 1.67. The van der Waals surface area contributed by atoms with Gasteiger partial charge in [0.25, 0.3) is 0 Å². The molecule has 3 N–H and O–H groups in total. The third kappa shape index (κ3) is 2.19. The van der Waals surface area contributed by atoms with Gasteiger partial charge in [-0.15, -0.1) is 0 Å². The molecule has 0 saturated carbocycles. The molecule has 1 aromatic heterocycles. The van der Waals surface area contributed by atoms with Gasteiger partial charge in [0.15, 0.2) is 0 Å². The van der Waals surface area contributed by atoms with Crippen LogP contribution in [0.1, 0.15) is 12.0 Å². The molecule has 0 fully saturated rings. The summed E-state index contributed by atoms with van der Waals surface area (Å²) in [6, 6.07) is 8.84. The van der Waals surface area contributed by atoms with Gasteiger partial charge in [-0.2, -0.15) is 0 Å². The number of aromatic amines is 1. The van der Waals surface area contributed by atoms with Crippen LogP contribution in [0.25, 0.3) is 10.9 Å². The average molecular weight is 242 g/mol. The standard InChI is InChI=1S/C15H18N2O/c18-10-11-4-5-13(8-11)17-9-12-2-1-3-15-14(12)6-7-16-15/h1-7,11,13,16-18H,8-10H2/t11-,13+/m0/s1. The Morgan fingerprint density at radius 3 is 3.06 bits per heavy atom.